The van der Waals surface area contributed by atoms with Crippen molar-refractivity contribution in [2.24, 2.45) is 0 Å². The highest BCUT2D eigenvalue weighted by Gasteiger charge is 2.22. The number of halogens is 2. The maximum absolute atomic E-state index is 6.33. The lowest BCUT2D eigenvalue weighted by atomic mass is 10.1. The molecule has 1 aliphatic rings. The van der Waals surface area contributed by atoms with Gasteiger partial charge in [0.2, 0.25) is 0 Å². The van der Waals surface area contributed by atoms with Crippen LogP contribution in [0.15, 0.2) is 30.3 Å². The molecule has 4 rings (SSSR count). The van der Waals surface area contributed by atoms with E-state index in [1.165, 1.54) is 5.56 Å². The van der Waals surface area contributed by atoms with E-state index in [0.717, 1.165) is 62.8 Å². The van der Waals surface area contributed by atoms with Crippen LogP contribution in [0.3, 0.4) is 0 Å². The molecule has 0 saturated heterocycles. The second-order valence-electron chi connectivity index (χ2n) is 6.01. The highest BCUT2D eigenvalue weighted by atomic mass is 35.5. The smallest absolute Gasteiger partial charge is 0.133 e. The first-order valence-electron chi connectivity index (χ1n) is 8.01. The number of nitrogens with one attached hydrogen (secondary N) is 1. The first kappa shape index (κ1) is 16.0. The number of nitrogens with zero attached hydrogens (tertiary/aromatic N) is 2. The van der Waals surface area contributed by atoms with Gasteiger partial charge in [-0.1, -0.05) is 29.3 Å². The molecule has 24 heavy (non-hydrogen) atoms. The molecule has 0 atom stereocenters. The average molecular weight is 378 g/mol. The second kappa shape index (κ2) is 6.43. The Morgan fingerprint density at radius 3 is 2.79 bits per heavy atom. The van der Waals surface area contributed by atoms with Gasteiger partial charge in [-0.2, -0.15) is 5.10 Å². The van der Waals surface area contributed by atoms with Gasteiger partial charge >= 0.3 is 0 Å². The maximum Gasteiger partial charge on any atom is 0.133 e. The molecule has 0 spiro atoms. The number of hydrogen-bond donors (Lipinski definition) is 1. The van der Waals surface area contributed by atoms with E-state index >= 15 is 0 Å². The highest BCUT2D eigenvalue weighted by Crippen LogP contribution is 2.38. The molecule has 2 aromatic heterocycles. The van der Waals surface area contributed by atoms with Gasteiger partial charge in [-0.25, -0.2) is 4.68 Å². The van der Waals surface area contributed by atoms with Gasteiger partial charge in [-0.15, -0.1) is 11.3 Å². The topological polar surface area (TPSA) is 29.9 Å². The van der Waals surface area contributed by atoms with Crippen LogP contribution in [0, 0.1) is 6.92 Å². The van der Waals surface area contributed by atoms with E-state index in [1.807, 2.05) is 35.9 Å². The largest absolute Gasteiger partial charge is 0.370 e. The van der Waals surface area contributed by atoms with Crippen molar-refractivity contribution in [1.82, 2.24) is 9.78 Å². The van der Waals surface area contributed by atoms with Crippen LogP contribution in [-0.2, 0) is 6.42 Å². The number of hydrogen-bond acceptors (Lipinski definition) is 3. The predicted octanol–water partition coefficient (Wildman–Crippen LogP) is 5.96. The van der Waals surface area contributed by atoms with Crippen LogP contribution < -0.4 is 5.32 Å². The third-order valence-corrected chi connectivity index (χ3v) is 5.98. The standard InChI is InChI=1S/C18H17Cl2N3S/c1-11-5-6-12(10-14(11)19)23-18-13(4-2-3-9-21-18)17(22-23)15-7-8-16(20)24-15/h5-8,10,21H,2-4,9H2,1H3. The molecular weight excluding hydrogens is 361 g/mol. The summed E-state index contributed by atoms with van der Waals surface area (Å²) in [4.78, 5) is 1.11. The van der Waals surface area contributed by atoms with E-state index in [4.69, 9.17) is 28.3 Å². The van der Waals surface area contributed by atoms with Crippen LogP contribution in [-0.4, -0.2) is 16.3 Å². The summed E-state index contributed by atoms with van der Waals surface area (Å²) in [6, 6.07) is 10.0. The molecule has 3 nitrogen and oxygen atoms in total. The van der Waals surface area contributed by atoms with E-state index in [9.17, 15) is 0 Å². The Hall–Kier alpha value is -1.49. The minimum absolute atomic E-state index is 0.756. The summed E-state index contributed by atoms with van der Waals surface area (Å²) >= 11 is 14.0. The zero-order valence-electron chi connectivity index (χ0n) is 13.3. The molecule has 1 N–H and O–H groups in total. The minimum atomic E-state index is 0.756. The molecule has 0 bridgehead atoms. The van der Waals surface area contributed by atoms with Gasteiger partial charge in [0.15, 0.2) is 0 Å². The van der Waals surface area contributed by atoms with Crippen molar-refractivity contribution in [1.29, 1.82) is 0 Å². The Bertz CT molecular complexity index is 898. The van der Waals surface area contributed by atoms with Crippen molar-refractivity contribution in [3.05, 3.63) is 50.8 Å². The average Bonchev–Trinajstić information content (AvgIpc) is 3.06. The lowest BCUT2D eigenvalue weighted by Gasteiger charge is -2.10. The summed E-state index contributed by atoms with van der Waals surface area (Å²) in [6.45, 7) is 2.97. The number of anilines is 1. The molecule has 1 aromatic carbocycles. The van der Waals surface area contributed by atoms with Gasteiger partial charge in [-0.3, -0.25) is 0 Å². The molecule has 0 unspecified atom stereocenters. The first-order valence-corrected chi connectivity index (χ1v) is 9.59. The van der Waals surface area contributed by atoms with Crippen LogP contribution in [0.1, 0.15) is 24.0 Å². The Labute approximate surface area is 155 Å². The fourth-order valence-corrected chi connectivity index (χ4v) is 4.27. The van der Waals surface area contributed by atoms with E-state index in [1.54, 1.807) is 11.3 Å². The SMILES string of the molecule is Cc1ccc(-n2nc(-c3ccc(Cl)s3)c3c2NCCCC3)cc1Cl. The summed E-state index contributed by atoms with van der Waals surface area (Å²) in [5.74, 6) is 1.08. The zero-order valence-corrected chi connectivity index (χ0v) is 15.6. The van der Waals surface area contributed by atoms with E-state index in [0.29, 0.717) is 0 Å². The lowest BCUT2D eigenvalue weighted by Crippen LogP contribution is -2.07. The van der Waals surface area contributed by atoms with Crippen LogP contribution >= 0.6 is 34.5 Å². The number of aromatic nitrogens is 2. The quantitative estimate of drug-likeness (QED) is 0.596. The summed E-state index contributed by atoms with van der Waals surface area (Å²) in [5, 5.41) is 9.21. The zero-order chi connectivity index (χ0) is 16.7. The predicted molar refractivity (Wildman–Crippen MR) is 103 cm³/mol. The number of thiophene rings is 1. The number of aryl methyl sites for hydroxylation is 1. The van der Waals surface area contributed by atoms with Gasteiger partial charge < -0.3 is 5.32 Å². The number of fused-ring (bicyclic) bond motifs is 1. The van der Waals surface area contributed by atoms with Gasteiger partial charge in [0.25, 0.3) is 0 Å². The molecule has 0 radical (unpaired) electrons. The monoisotopic (exact) mass is 377 g/mol. The van der Waals surface area contributed by atoms with E-state index in [-0.39, 0.29) is 0 Å². The maximum atomic E-state index is 6.33. The van der Waals surface area contributed by atoms with Gasteiger partial charge in [0, 0.05) is 17.1 Å². The van der Waals surface area contributed by atoms with Crippen molar-refractivity contribution in [2.75, 3.05) is 11.9 Å². The molecule has 0 aliphatic carbocycles. The Morgan fingerprint density at radius 2 is 2.04 bits per heavy atom. The molecule has 3 aromatic rings. The third kappa shape index (κ3) is 2.83. The molecule has 0 fully saturated rings. The van der Waals surface area contributed by atoms with Crippen molar-refractivity contribution < 1.29 is 0 Å². The summed E-state index contributed by atoms with van der Waals surface area (Å²) in [5.41, 5.74) is 4.33. The molecule has 0 saturated carbocycles. The summed E-state index contributed by atoms with van der Waals surface area (Å²) in [7, 11) is 0. The fraction of sp³-hybridized carbons (Fsp3) is 0.278. The van der Waals surface area contributed by atoms with Crippen LogP contribution in [0.25, 0.3) is 16.3 Å². The number of rotatable bonds is 2. The number of benzene rings is 1. The summed E-state index contributed by atoms with van der Waals surface area (Å²) in [6.07, 6.45) is 3.34. The van der Waals surface area contributed by atoms with Crippen molar-refractivity contribution in [3.63, 3.8) is 0 Å². The summed E-state index contributed by atoms with van der Waals surface area (Å²) < 4.78 is 2.77. The van der Waals surface area contributed by atoms with Crippen LogP contribution in [0.4, 0.5) is 5.82 Å². The van der Waals surface area contributed by atoms with E-state index < -0.39 is 0 Å². The second-order valence-corrected chi connectivity index (χ2v) is 8.13. The Balaban J connectivity index is 1.90. The molecular formula is C18H17Cl2N3S. The molecule has 3 heterocycles. The molecule has 0 amide bonds. The van der Waals surface area contributed by atoms with Gasteiger partial charge in [0.05, 0.1) is 14.9 Å². The molecule has 1 aliphatic heterocycles. The molecule has 6 heteroatoms. The fourth-order valence-electron chi connectivity index (χ4n) is 3.04. The lowest BCUT2D eigenvalue weighted by molar-refractivity contribution is 0.780. The normalized spacial score (nSPS) is 14.1. The Kier molecular flexibility index (Phi) is 4.29. The van der Waals surface area contributed by atoms with Crippen LogP contribution in [0.5, 0.6) is 0 Å². The molecule has 124 valence electrons. The first-order chi connectivity index (χ1) is 11.6. The minimum Gasteiger partial charge on any atom is -0.370 e. The Morgan fingerprint density at radius 1 is 1.17 bits per heavy atom. The van der Waals surface area contributed by atoms with E-state index in [2.05, 4.69) is 11.4 Å². The highest BCUT2D eigenvalue weighted by molar-refractivity contribution is 7.19. The third-order valence-electron chi connectivity index (χ3n) is 4.34. The van der Waals surface area contributed by atoms with Gasteiger partial charge in [-0.05, 0) is 56.0 Å². The van der Waals surface area contributed by atoms with Crippen LogP contribution in [0.2, 0.25) is 9.36 Å². The van der Waals surface area contributed by atoms with Crippen molar-refractivity contribution in [3.8, 4) is 16.3 Å². The van der Waals surface area contributed by atoms with Gasteiger partial charge in [0.1, 0.15) is 11.5 Å². The van der Waals surface area contributed by atoms with Crippen molar-refractivity contribution in [2.45, 2.75) is 26.2 Å². The van der Waals surface area contributed by atoms with Crippen molar-refractivity contribution >= 4 is 40.4 Å².